The van der Waals surface area contributed by atoms with Crippen LogP contribution in [0.15, 0.2) is 54.2 Å². The fraction of sp³-hybridized carbons (Fsp3) is 0.273. The molecule has 4 aromatic rings. The van der Waals surface area contributed by atoms with Crippen LogP contribution in [-0.4, -0.2) is 9.97 Å². The molecule has 1 aliphatic carbocycles. The molecule has 0 amide bonds. The highest BCUT2D eigenvalue weighted by Crippen LogP contribution is 2.40. The normalized spacial score (nSPS) is 13.1. The second-order valence-corrected chi connectivity index (χ2v) is 9.13. The maximum Gasteiger partial charge on any atom is 0.141 e. The van der Waals surface area contributed by atoms with Crippen LogP contribution < -0.4 is 4.90 Å². The van der Waals surface area contributed by atoms with Crippen LogP contribution in [0.4, 0.5) is 5.82 Å². The Hall–Kier alpha value is -1.95. The van der Waals surface area contributed by atoms with Gasteiger partial charge in [0.2, 0.25) is 0 Å². The Morgan fingerprint density at radius 3 is 2.61 bits per heavy atom. The standard InChI is InChI=1S/C22H21N3S2.ClH/c1-2-7-16(8-3-1)13-25(14-17-9-6-12-26-17)21-20-18-10-4-5-11-19(18)27-22(20)24-15-23-21;/h1-3,6-9,12,15H,4-5,10-11,13-14H2;1H. The molecule has 1 aliphatic rings. The molecule has 0 N–H and O–H groups in total. The molecule has 0 aliphatic heterocycles. The first-order valence-corrected chi connectivity index (χ1v) is 11.1. The number of halogens is 1. The van der Waals surface area contributed by atoms with Crippen LogP contribution in [0.25, 0.3) is 10.2 Å². The highest BCUT2D eigenvalue weighted by Gasteiger charge is 2.23. The van der Waals surface area contributed by atoms with E-state index in [0.29, 0.717) is 0 Å². The van der Waals surface area contributed by atoms with Crippen molar-refractivity contribution in [3.63, 3.8) is 0 Å². The zero-order valence-corrected chi connectivity index (χ0v) is 18.0. The largest absolute Gasteiger partial charge is 0.346 e. The van der Waals surface area contributed by atoms with Gasteiger partial charge in [0.05, 0.1) is 11.9 Å². The van der Waals surface area contributed by atoms with Gasteiger partial charge in [-0.3, -0.25) is 0 Å². The number of aryl methyl sites for hydroxylation is 2. The summed E-state index contributed by atoms with van der Waals surface area (Å²) in [6.07, 6.45) is 6.67. The third kappa shape index (κ3) is 3.79. The van der Waals surface area contributed by atoms with Gasteiger partial charge in [0.1, 0.15) is 17.0 Å². The topological polar surface area (TPSA) is 29.0 Å². The lowest BCUT2D eigenvalue weighted by atomic mass is 9.97. The molecule has 0 bridgehead atoms. The first-order valence-electron chi connectivity index (χ1n) is 9.45. The average molecular weight is 428 g/mol. The first-order chi connectivity index (χ1) is 13.4. The van der Waals surface area contributed by atoms with Crippen LogP contribution in [0.5, 0.6) is 0 Å². The number of aromatic nitrogens is 2. The number of hydrogen-bond donors (Lipinski definition) is 0. The SMILES string of the molecule is Cl.c1ccc(CN(Cc2cccs2)c2ncnc3sc4c(c23)CCCC4)cc1. The van der Waals surface area contributed by atoms with Gasteiger partial charge in [-0.25, -0.2) is 9.97 Å². The maximum absolute atomic E-state index is 4.79. The molecular formula is C22H22ClN3S2. The quantitative estimate of drug-likeness (QED) is 0.376. The van der Waals surface area contributed by atoms with E-state index in [4.69, 9.17) is 4.98 Å². The van der Waals surface area contributed by atoms with Crippen molar-refractivity contribution in [3.8, 4) is 0 Å². The lowest BCUT2D eigenvalue weighted by Gasteiger charge is -2.25. The summed E-state index contributed by atoms with van der Waals surface area (Å²) in [5.74, 6) is 1.09. The molecule has 144 valence electrons. The minimum atomic E-state index is 0. The summed E-state index contributed by atoms with van der Waals surface area (Å²) in [7, 11) is 0. The maximum atomic E-state index is 4.79. The van der Waals surface area contributed by atoms with Gasteiger partial charge in [-0.1, -0.05) is 36.4 Å². The number of anilines is 1. The average Bonchev–Trinajstić information content (AvgIpc) is 3.35. The third-order valence-electron chi connectivity index (χ3n) is 5.17. The molecule has 3 heterocycles. The molecule has 28 heavy (non-hydrogen) atoms. The van der Waals surface area contributed by atoms with E-state index in [9.17, 15) is 0 Å². The Morgan fingerprint density at radius 2 is 1.79 bits per heavy atom. The molecule has 0 saturated carbocycles. The molecule has 0 atom stereocenters. The summed E-state index contributed by atoms with van der Waals surface area (Å²) >= 11 is 3.68. The molecular weight excluding hydrogens is 406 g/mol. The summed E-state index contributed by atoms with van der Waals surface area (Å²) in [6.45, 7) is 1.73. The molecule has 0 spiro atoms. The smallest absolute Gasteiger partial charge is 0.141 e. The van der Waals surface area contributed by atoms with E-state index in [-0.39, 0.29) is 12.4 Å². The number of fused-ring (bicyclic) bond motifs is 3. The number of thiophene rings is 2. The van der Waals surface area contributed by atoms with E-state index in [0.717, 1.165) is 30.2 Å². The zero-order valence-electron chi connectivity index (χ0n) is 15.5. The van der Waals surface area contributed by atoms with Crippen molar-refractivity contribution < 1.29 is 0 Å². The third-order valence-corrected chi connectivity index (χ3v) is 7.23. The van der Waals surface area contributed by atoms with Crippen LogP contribution >= 0.6 is 35.1 Å². The lowest BCUT2D eigenvalue weighted by molar-refractivity contribution is 0.699. The molecule has 3 aromatic heterocycles. The lowest BCUT2D eigenvalue weighted by Crippen LogP contribution is -2.23. The summed E-state index contributed by atoms with van der Waals surface area (Å²) in [5, 5.41) is 3.45. The predicted octanol–water partition coefficient (Wildman–Crippen LogP) is 6.26. The minimum Gasteiger partial charge on any atom is -0.346 e. The van der Waals surface area contributed by atoms with E-state index in [2.05, 4.69) is 57.7 Å². The van der Waals surface area contributed by atoms with Crippen molar-refractivity contribution in [2.24, 2.45) is 0 Å². The fourth-order valence-corrected chi connectivity index (χ4v) is 5.86. The molecule has 0 fully saturated rings. The van der Waals surface area contributed by atoms with Crippen LogP contribution in [0.1, 0.15) is 33.7 Å². The van der Waals surface area contributed by atoms with E-state index in [1.807, 2.05) is 22.7 Å². The summed E-state index contributed by atoms with van der Waals surface area (Å²) in [5.41, 5.74) is 2.81. The van der Waals surface area contributed by atoms with Gasteiger partial charge in [-0.2, -0.15) is 0 Å². The highest BCUT2D eigenvalue weighted by atomic mass is 35.5. The van der Waals surface area contributed by atoms with Crippen molar-refractivity contribution in [1.82, 2.24) is 9.97 Å². The minimum absolute atomic E-state index is 0. The Balaban J connectivity index is 0.00000192. The molecule has 5 rings (SSSR count). The summed E-state index contributed by atoms with van der Waals surface area (Å²) in [4.78, 5) is 15.9. The van der Waals surface area contributed by atoms with Crippen LogP contribution in [0.3, 0.4) is 0 Å². The van der Waals surface area contributed by atoms with Crippen molar-refractivity contribution in [1.29, 1.82) is 0 Å². The van der Waals surface area contributed by atoms with E-state index < -0.39 is 0 Å². The molecule has 3 nitrogen and oxygen atoms in total. The highest BCUT2D eigenvalue weighted by molar-refractivity contribution is 7.19. The molecule has 0 radical (unpaired) electrons. The summed E-state index contributed by atoms with van der Waals surface area (Å²) in [6, 6.07) is 15.0. The van der Waals surface area contributed by atoms with Crippen LogP contribution in [0.2, 0.25) is 0 Å². The Labute approximate surface area is 179 Å². The van der Waals surface area contributed by atoms with Gasteiger partial charge in [-0.15, -0.1) is 35.1 Å². The number of benzene rings is 1. The van der Waals surface area contributed by atoms with Gasteiger partial charge in [-0.05, 0) is 48.3 Å². The first kappa shape index (κ1) is 19.4. The van der Waals surface area contributed by atoms with Crippen LogP contribution in [-0.2, 0) is 25.9 Å². The van der Waals surface area contributed by atoms with Gasteiger partial charge in [0, 0.05) is 16.3 Å². The van der Waals surface area contributed by atoms with E-state index in [1.165, 1.54) is 45.5 Å². The van der Waals surface area contributed by atoms with Crippen molar-refractivity contribution in [3.05, 3.63) is 75.1 Å². The second kappa shape index (κ2) is 8.60. The predicted molar refractivity (Wildman–Crippen MR) is 122 cm³/mol. The van der Waals surface area contributed by atoms with Crippen LogP contribution in [0, 0.1) is 0 Å². The van der Waals surface area contributed by atoms with Crippen molar-refractivity contribution in [2.45, 2.75) is 38.8 Å². The number of rotatable bonds is 5. The van der Waals surface area contributed by atoms with E-state index >= 15 is 0 Å². The molecule has 6 heteroatoms. The van der Waals surface area contributed by atoms with Gasteiger partial charge >= 0.3 is 0 Å². The molecule has 0 saturated heterocycles. The molecule has 1 aromatic carbocycles. The van der Waals surface area contributed by atoms with Gasteiger partial charge < -0.3 is 4.90 Å². The Kier molecular flexibility index (Phi) is 5.95. The van der Waals surface area contributed by atoms with Gasteiger partial charge in [0.25, 0.3) is 0 Å². The van der Waals surface area contributed by atoms with E-state index in [1.54, 1.807) is 6.33 Å². The Bertz CT molecular complexity index is 1040. The summed E-state index contributed by atoms with van der Waals surface area (Å²) < 4.78 is 0. The second-order valence-electron chi connectivity index (χ2n) is 7.01. The fourth-order valence-electron chi connectivity index (χ4n) is 3.91. The monoisotopic (exact) mass is 427 g/mol. The van der Waals surface area contributed by atoms with Crippen molar-refractivity contribution >= 4 is 51.1 Å². The zero-order chi connectivity index (χ0) is 18.1. The molecule has 0 unspecified atom stereocenters. The van der Waals surface area contributed by atoms with Crippen molar-refractivity contribution in [2.75, 3.05) is 4.90 Å². The number of nitrogens with zero attached hydrogens (tertiary/aromatic N) is 3. The number of hydrogen-bond acceptors (Lipinski definition) is 5. The Morgan fingerprint density at radius 1 is 0.929 bits per heavy atom. The van der Waals surface area contributed by atoms with Gasteiger partial charge in [0.15, 0.2) is 0 Å².